The van der Waals surface area contributed by atoms with E-state index in [0.29, 0.717) is 31.6 Å². The fourth-order valence-electron chi connectivity index (χ4n) is 3.83. The van der Waals surface area contributed by atoms with Crippen molar-refractivity contribution in [1.29, 1.82) is 0 Å². The lowest BCUT2D eigenvalue weighted by Crippen LogP contribution is -2.52. The summed E-state index contributed by atoms with van der Waals surface area (Å²) in [7, 11) is 0. The maximum absolute atomic E-state index is 12.7. The molecule has 1 atom stereocenters. The average Bonchev–Trinajstić information content (AvgIpc) is 3.20. The van der Waals surface area contributed by atoms with Gasteiger partial charge in [0.25, 0.3) is 5.91 Å². The highest BCUT2D eigenvalue weighted by molar-refractivity contribution is 6.05. The van der Waals surface area contributed by atoms with Crippen LogP contribution in [0.4, 0.5) is 5.69 Å². The summed E-state index contributed by atoms with van der Waals surface area (Å²) in [6.45, 7) is 3.34. The number of anilines is 1. The number of aryl methyl sites for hydroxylation is 1. The van der Waals surface area contributed by atoms with Crippen LogP contribution in [0.5, 0.6) is 0 Å². The SMILES string of the molecule is Cc1nn(CCO)cc1CNc1ccc2c(c1)CN(C1CCC(=O)NC1=O)C2=O. The van der Waals surface area contributed by atoms with Gasteiger partial charge in [-0.2, -0.15) is 5.10 Å². The van der Waals surface area contributed by atoms with E-state index in [-0.39, 0.29) is 24.8 Å². The molecule has 0 saturated carbocycles. The molecule has 0 spiro atoms. The molecule has 1 aromatic carbocycles. The van der Waals surface area contributed by atoms with Crippen molar-refractivity contribution in [2.75, 3.05) is 11.9 Å². The summed E-state index contributed by atoms with van der Waals surface area (Å²) in [5.41, 5.74) is 4.24. The van der Waals surface area contributed by atoms with E-state index in [1.54, 1.807) is 15.6 Å². The summed E-state index contributed by atoms with van der Waals surface area (Å²) in [5, 5.41) is 19.0. The standard InChI is InChI=1S/C20H23N5O4/c1-12-14(10-24(23-12)6-7-26)9-21-15-2-3-16-13(8-15)11-25(20(16)29)17-4-5-18(27)22-19(17)28/h2-3,8,10,17,21,26H,4-7,9,11H2,1H3,(H,22,27,28). The molecule has 0 radical (unpaired) electrons. The first-order valence-electron chi connectivity index (χ1n) is 9.61. The molecule has 29 heavy (non-hydrogen) atoms. The third-order valence-electron chi connectivity index (χ3n) is 5.38. The molecule has 3 amide bonds. The number of hydrogen-bond acceptors (Lipinski definition) is 6. The van der Waals surface area contributed by atoms with Crippen molar-refractivity contribution in [2.24, 2.45) is 0 Å². The number of carbonyl (C=O) groups excluding carboxylic acids is 3. The van der Waals surface area contributed by atoms with Crippen LogP contribution in [0.2, 0.25) is 0 Å². The molecule has 2 aromatic rings. The Hall–Kier alpha value is -3.20. The minimum atomic E-state index is -0.607. The first-order chi connectivity index (χ1) is 14.0. The Bertz CT molecular complexity index is 983. The zero-order valence-electron chi connectivity index (χ0n) is 16.1. The minimum Gasteiger partial charge on any atom is -0.394 e. The second kappa shape index (κ2) is 7.67. The number of fused-ring (bicyclic) bond motifs is 1. The van der Waals surface area contributed by atoms with Gasteiger partial charge in [0.05, 0.1) is 18.8 Å². The van der Waals surface area contributed by atoms with Crippen LogP contribution in [0.15, 0.2) is 24.4 Å². The minimum absolute atomic E-state index is 0.0382. The lowest BCUT2D eigenvalue weighted by Gasteiger charge is -2.29. The molecule has 0 bridgehead atoms. The van der Waals surface area contributed by atoms with Gasteiger partial charge >= 0.3 is 0 Å². The Balaban J connectivity index is 1.45. The van der Waals surface area contributed by atoms with Gasteiger partial charge in [-0.25, -0.2) is 0 Å². The average molecular weight is 397 g/mol. The summed E-state index contributed by atoms with van der Waals surface area (Å²) in [6, 6.07) is 4.93. The number of amides is 3. The van der Waals surface area contributed by atoms with Crippen molar-refractivity contribution in [1.82, 2.24) is 20.0 Å². The molecule has 9 nitrogen and oxygen atoms in total. The first kappa shape index (κ1) is 19.1. The number of benzene rings is 1. The number of rotatable bonds is 6. The summed E-state index contributed by atoms with van der Waals surface area (Å²) in [5.74, 6) is -0.877. The zero-order chi connectivity index (χ0) is 20.5. The van der Waals surface area contributed by atoms with Crippen LogP contribution >= 0.6 is 0 Å². The van der Waals surface area contributed by atoms with Crippen LogP contribution < -0.4 is 10.6 Å². The monoisotopic (exact) mass is 397 g/mol. The third kappa shape index (κ3) is 3.73. The highest BCUT2D eigenvalue weighted by atomic mass is 16.3. The largest absolute Gasteiger partial charge is 0.394 e. The lowest BCUT2D eigenvalue weighted by atomic mass is 10.0. The van der Waals surface area contributed by atoms with E-state index >= 15 is 0 Å². The highest BCUT2D eigenvalue weighted by Gasteiger charge is 2.39. The molecular formula is C20H23N5O4. The maximum atomic E-state index is 12.7. The van der Waals surface area contributed by atoms with Crippen LogP contribution in [0.1, 0.15) is 40.0 Å². The Morgan fingerprint density at radius 1 is 1.31 bits per heavy atom. The van der Waals surface area contributed by atoms with Crippen molar-refractivity contribution in [3.05, 3.63) is 46.8 Å². The van der Waals surface area contributed by atoms with Gasteiger partial charge < -0.3 is 15.3 Å². The molecule has 3 N–H and O–H groups in total. The number of imide groups is 1. The van der Waals surface area contributed by atoms with E-state index in [9.17, 15) is 14.4 Å². The fourth-order valence-corrected chi connectivity index (χ4v) is 3.83. The van der Waals surface area contributed by atoms with Crippen LogP contribution in [0.3, 0.4) is 0 Å². The number of carbonyl (C=O) groups is 3. The normalized spacial score (nSPS) is 18.8. The summed E-state index contributed by atoms with van der Waals surface area (Å²) in [4.78, 5) is 37.8. The van der Waals surface area contributed by atoms with E-state index in [1.165, 1.54) is 0 Å². The Labute approximate surface area is 167 Å². The van der Waals surface area contributed by atoms with Crippen LogP contribution in [0.25, 0.3) is 0 Å². The van der Waals surface area contributed by atoms with Crippen LogP contribution in [-0.4, -0.2) is 50.2 Å². The Kier molecular flexibility index (Phi) is 5.06. The van der Waals surface area contributed by atoms with Crippen molar-refractivity contribution in [2.45, 2.75) is 45.4 Å². The number of aliphatic hydroxyl groups excluding tert-OH is 1. The molecule has 1 saturated heterocycles. The summed E-state index contributed by atoms with van der Waals surface area (Å²) < 4.78 is 1.71. The topological polar surface area (TPSA) is 117 Å². The van der Waals surface area contributed by atoms with Gasteiger partial charge in [-0.1, -0.05) is 0 Å². The van der Waals surface area contributed by atoms with Crippen molar-refractivity contribution >= 4 is 23.4 Å². The highest BCUT2D eigenvalue weighted by Crippen LogP contribution is 2.29. The second-order valence-electron chi connectivity index (χ2n) is 7.35. The molecule has 4 rings (SSSR count). The first-order valence-corrected chi connectivity index (χ1v) is 9.61. The van der Waals surface area contributed by atoms with E-state index in [1.807, 2.05) is 25.3 Å². The third-order valence-corrected chi connectivity index (χ3v) is 5.38. The number of aliphatic hydroxyl groups is 1. The van der Waals surface area contributed by atoms with Gasteiger partial charge in [0, 0.05) is 42.5 Å². The second-order valence-corrected chi connectivity index (χ2v) is 7.35. The Morgan fingerprint density at radius 2 is 2.14 bits per heavy atom. The quantitative estimate of drug-likeness (QED) is 0.613. The number of piperidine rings is 1. The molecule has 2 aliphatic rings. The number of aromatic nitrogens is 2. The summed E-state index contributed by atoms with van der Waals surface area (Å²) >= 11 is 0. The zero-order valence-corrected chi connectivity index (χ0v) is 16.1. The molecule has 152 valence electrons. The van der Waals surface area contributed by atoms with E-state index in [2.05, 4.69) is 15.7 Å². The van der Waals surface area contributed by atoms with Gasteiger partial charge in [-0.15, -0.1) is 0 Å². The number of hydrogen-bond donors (Lipinski definition) is 3. The predicted molar refractivity (Wildman–Crippen MR) is 104 cm³/mol. The molecule has 1 fully saturated rings. The molecule has 1 aromatic heterocycles. The van der Waals surface area contributed by atoms with Gasteiger partial charge in [0.2, 0.25) is 11.8 Å². The van der Waals surface area contributed by atoms with Crippen LogP contribution in [-0.2, 0) is 29.2 Å². The van der Waals surface area contributed by atoms with E-state index in [4.69, 9.17) is 5.11 Å². The van der Waals surface area contributed by atoms with Crippen molar-refractivity contribution < 1.29 is 19.5 Å². The van der Waals surface area contributed by atoms with Crippen molar-refractivity contribution in [3.8, 4) is 0 Å². The van der Waals surface area contributed by atoms with Crippen molar-refractivity contribution in [3.63, 3.8) is 0 Å². The molecule has 0 aliphatic carbocycles. The molecule has 1 unspecified atom stereocenters. The molecular weight excluding hydrogens is 374 g/mol. The molecule has 2 aliphatic heterocycles. The van der Waals surface area contributed by atoms with Crippen LogP contribution in [0, 0.1) is 6.92 Å². The van der Waals surface area contributed by atoms with E-state index < -0.39 is 11.9 Å². The maximum Gasteiger partial charge on any atom is 0.255 e. The smallest absolute Gasteiger partial charge is 0.255 e. The number of nitrogens with one attached hydrogen (secondary N) is 2. The predicted octanol–water partition coefficient (Wildman–Crippen LogP) is 0.557. The lowest BCUT2D eigenvalue weighted by molar-refractivity contribution is -0.136. The van der Waals surface area contributed by atoms with Gasteiger partial charge in [0.15, 0.2) is 0 Å². The van der Waals surface area contributed by atoms with Gasteiger partial charge in [0.1, 0.15) is 6.04 Å². The number of nitrogens with zero attached hydrogens (tertiary/aromatic N) is 3. The molecule has 3 heterocycles. The Morgan fingerprint density at radius 3 is 2.90 bits per heavy atom. The fraction of sp³-hybridized carbons (Fsp3) is 0.400. The van der Waals surface area contributed by atoms with Gasteiger partial charge in [-0.05, 0) is 37.1 Å². The van der Waals surface area contributed by atoms with E-state index in [0.717, 1.165) is 22.5 Å². The van der Waals surface area contributed by atoms with Gasteiger partial charge in [-0.3, -0.25) is 24.4 Å². The summed E-state index contributed by atoms with van der Waals surface area (Å²) in [6.07, 6.45) is 2.50. The molecule has 9 heteroatoms.